The highest BCUT2D eigenvalue weighted by Crippen LogP contribution is 2.32. The molecule has 3 rings (SSSR count). The van der Waals surface area contributed by atoms with Crippen LogP contribution in [0.4, 0.5) is 0 Å². The molecule has 32 heavy (non-hydrogen) atoms. The number of aromatic nitrogens is 2. The molecule has 0 atom stereocenters. The van der Waals surface area contributed by atoms with Crippen LogP contribution in [0.5, 0.6) is 5.75 Å². The molecule has 2 aromatic carbocycles. The van der Waals surface area contributed by atoms with Crippen molar-refractivity contribution in [3.05, 3.63) is 53.3 Å². The third kappa shape index (κ3) is 4.25. The highest BCUT2D eigenvalue weighted by atomic mass is 32.2. The summed E-state index contributed by atoms with van der Waals surface area (Å²) in [5.41, 5.74) is 0.642. The van der Waals surface area contributed by atoms with Gasteiger partial charge in [0, 0.05) is 19.7 Å². The maximum atomic E-state index is 13.5. The van der Waals surface area contributed by atoms with Crippen LogP contribution in [0, 0.1) is 19.3 Å². The first kappa shape index (κ1) is 23.5. The van der Waals surface area contributed by atoms with Gasteiger partial charge in [-0.1, -0.05) is 17.7 Å². The quantitative estimate of drug-likeness (QED) is 0.439. The van der Waals surface area contributed by atoms with Gasteiger partial charge in [0.1, 0.15) is 11.3 Å². The zero-order valence-corrected chi connectivity index (χ0v) is 20.1. The molecule has 1 heterocycles. The zero-order valence-electron chi connectivity index (χ0n) is 19.3. The van der Waals surface area contributed by atoms with Crippen molar-refractivity contribution in [2.24, 2.45) is 5.41 Å². The molecule has 0 spiro atoms. The number of nitrogens with zero attached hydrogens (tertiary/aromatic N) is 3. The molecule has 0 aliphatic heterocycles. The Morgan fingerprint density at radius 2 is 1.62 bits per heavy atom. The van der Waals surface area contributed by atoms with Gasteiger partial charge in [0.05, 0.1) is 15.8 Å². The van der Waals surface area contributed by atoms with Gasteiger partial charge in [-0.05, 0) is 58.9 Å². The van der Waals surface area contributed by atoms with Gasteiger partial charge in [-0.2, -0.15) is 0 Å². The van der Waals surface area contributed by atoms with Crippen molar-refractivity contribution >= 4 is 32.9 Å². The van der Waals surface area contributed by atoms with Crippen LogP contribution in [0.15, 0.2) is 41.3 Å². The minimum Gasteiger partial charge on any atom is -0.424 e. The lowest BCUT2D eigenvalue weighted by molar-refractivity contribution is -0.142. The molecule has 0 aliphatic carbocycles. The number of amides is 1. The van der Waals surface area contributed by atoms with Crippen molar-refractivity contribution in [3.8, 4) is 5.75 Å². The number of imidazole rings is 1. The molecule has 8 nitrogen and oxygen atoms in total. The standard InChI is InChI=1S/C23H27N3O5S/c1-14-8-10-17(11-9-14)32(29,30)26-15(2)24-20-18(26)12-16(21(27)25(6)7)13-19(20)31-22(28)23(3,4)5/h8-13H,1-7H3. The summed E-state index contributed by atoms with van der Waals surface area (Å²) in [5, 5.41) is 0. The third-order valence-electron chi connectivity index (χ3n) is 4.87. The van der Waals surface area contributed by atoms with Crippen molar-refractivity contribution in [2.45, 2.75) is 39.5 Å². The van der Waals surface area contributed by atoms with E-state index in [1.807, 2.05) is 6.92 Å². The van der Waals surface area contributed by atoms with Crippen LogP contribution in [0.3, 0.4) is 0 Å². The van der Waals surface area contributed by atoms with E-state index in [0.717, 1.165) is 9.54 Å². The molecule has 1 aromatic heterocycles. The molecule has 0 aliphatic rings. The lowest BCUT2D eigenvalue weighted by Gasteiger charge is -2.18. The average Bonchev–Trinajstić information content (AvgIpc) is 3.03. The van der Waals surface area contributed by atoms with Gasteiger partial charge in [0.15, 0.2) is 5.75 Å². The molecule has 0 saturated carbocycles. The summed E-state index contributed by atoms with van der Waals surface area (Å²) < 4.78 is 33.6. The number of rotatable bonds is 4. The number of fused-ring (bicyclic) bond motifs is 1. The first-order valence-electron chi connectivity index (χ1n) is 10.0. The zero-order chi connectivity index (χ0) is 24.0. The van der Waals surface area contributed by atoms with Gasteiger partial charge < -0.3 is 9.64 Å². The van der Waals surface area contributed by atoms with Crippen LogP contribution in [-0.4, -0.2) is 48.2 Å². The smallest absolute Gasteiger partial charge is 0.316 e. The lowest BCUT2D eigenvalue weighted by atomic mass is 9.97. The maximum Gasteiger partial charge on any atom is 0.316 e. The summed E-state index contributed by atoms with van der Waals surface area (Å²) >= 11 is 0. The second kappa shape index (κ2) is 8.05. The van der Waals surface area contributed by atoms with E-state index >= 15 is 0 Å². The molecule has 9 heteroatoms. The van der Waals surface area contributed by atoms with E-state index in [0.29, 0.717) is 0 Å². The summed E-state index contributed by atoms with van der Waals surface area (Å²) in [4.78, 5) is 31.1. The van der Waals surface area contributed by atoms with Crippen LogP contribution in [0.2, 0.25) is 0 Å². The van der Waals surface area contributed by atoms with Crippen LogP contribution >= 0.6 is 0 Å². The number of esters is 1. The Labute approximate surface area is 187 Å². The normalized spacial score (nSPS) is 12.1. The van der Waals surface area contributed by atoms with Gasteiger partial charge >= 0.3 is 5.97 Å². The molecule has 0 unspecified atom stereocenters. The van der Waals surface area contributed by atoms with E-state index in [4.69, 9.17) is 4.74 Å². The van der Waals surface area contributed by atoms with Gasteiger partial charge in [-0.15, -0.1) is 0 Å². The number of aryl methyl sites for hydroxylation is 2. The number of hydrogen-bond donors (Lipinski definition) is 0. The minimum atomic E-state index is -4.02. The Bertz CT molecular complexity index is 1310. The van der Waals surface area contributed by atoms with Crippen molar-refractivity contribution in [1.82, 2.24) is 13.9 Å². The van der Waals surface area contributed by atoms with Crippen LogP contribution in [0.25, 0.3) is 11.0 Å². The Kier molecular flexibility index (Phi) is 5.90. The highest BCUT2D eigenvalue weighted by Gasteiger charge is 2.29. The number of hydrogen-bond acceptors (Lipinski definition) is 6. The Morgan fingerprint density at radius 1 is 1.03 bits per heavy atom. The first-order chi connectivity index (χ1) is 14.7. The largest absolute Gasteiger partial charge is 0.424 e. The molecule has 0 fully saturated rings. The average molecular weight is 458 g/mol. The summed E-state index contributed by atoms with van der Waals surface area (Å²) in [7, 11) is -0.853. The topological polar surface area (TPSA) is 98.6 Å². The summed E-state index contributed by atoms with van der Waals surface area (Å²) in [6.45, 7) is 8.52. The van der Waals surface area contributed by atoms with E-state index < -0.39 is 21.4 Å². The lowest BCUT2D eigenvalue weighted by Crippen LogP contribution is -2.26. The van der Waals surface area contributed by atoms with E-state index in [9.17, 15) is 18.0 Å². The molecule has 170 valence electrons. The molecule has 0 bridgehead atoms. The Balaban J connectivity index is 2.32. The van der Waals surface area contributed by atoms with Crippen molar-refractivity contribution in [3.63, 3.8) is 0 Å². The van der Waals surface area contributed by atoms with E-state index in [1.54, 1.807) is 53.9 Å². The third-order valence-corrected chi connectivity index (χ3v) is 6.68. The highest BCUT2D eigenvalue weighted by molar-refractivity contribution is 7.90. The first-order valence-corrected chi connectivity index (χ1v) is 11.5. The minimum absolute atomic E-state index is 0.0357. The summed E-state index contributed by atoms with van der Waals surface area (Å²) in [6, 6.07) is 9.33. The van der Waals surface area contributed by atoms with Crippen LogP contribution < -0.4 is 4.74 Å². The summed E-state index contributed by atoms with van der Waals surface area (Å²) in [5.74, 6) is -0.670. The van der Waals surface area contributed by atoms with Gasteiger partial charge in [0.2, 0.25) is 0 Å². The van der Waals surface area contributed by atoms with Crippen LogP contribution in [-0.2, 0) is 14.8 Å². The molecular formula is C23H27N3O5S. The molecule has 0 N–H and O–H groups in total. The predicted molar refractivity (Wildman–Crippen MR) is 121 cm³/mol. The predicted octanol–water partition coefficient (Wildman–Crippen LogP) is 3.54. The van der Waals surface area contributed by atoms with Crippen LogP contribution in [0.1, 0.15) is 42.5 Å². The number of benzene rings is 2. The number of ether oxygens (including phenoxy) is 1. The molecule has 0 saturated heterocycles. The van der Waals surface area contributed by atoms with Crippen molar-refractivity contribution in [1.29, 1.82) is 0 Å². The van der Waals surface area contributed by atoms with Gasteiger partial charge in [-0.25, -0.2) is 17.4 Å². The Hall–Kier alpha value is -3.20. The molecule has 0 radical (unpaired) electrons. The molecule has 3 aromatic rings. The van der Waals surface area contributed by atoms with E-state index in [-0.39, 0.29) is 39.0 Å². The van der Waals surface area contributed by atoms with E-state index in [1.165, 1.54) is 29.2 Å². The fraction of sp³-hybridized carbons (Fsp3) is 0.348. The SMILES string of the molecule is Cc1ccc(S(=O)(=O)n2c(C)nc3c(OC(=O)C(C)(C)C)cc(C(=O)N(C)C)cc32)cc1. The number of carbonyl (C=O) groups is 2. The molecular weight excluding hydrogens is 430 g/mol. The summed E-state index contributed by atoms with van der Waals surface area (Å²) in [6.07, 6.45) is 0. The van der Waals surface area contributed by atoms with Gasteiger partial charge in [-0.3, -0.25) is 9.59 Å². The fourth-order valence-corrected chi connectivity index (χ4v) is 4.55. The van der Waals surface area contributed by atoms with E-state index in [2.05, 4.69) is 4.98 Å². The molecule has 1 amide bonds. The van der Waals surface area contributed by atoms with Crippen molar-refractivity contribution < 1.29 is 22.7 Å². The fourth-order valence-electron chi connectivity index (χ4n) is 3.07. The van der Waals surface area contributed by atoms with Gasteiger partial charge in [0.25, 0.3) is 15.9 Å². The number of carbonyl (C=O) groups excluding carboxylic acids is 2. The monoisotopic (exact) mass is 457 g/mol. The van der Waals surface area contributed by atoms with Crippen molar-refractivity contribution in [2.75, 3.05) is 14.1 Å². The maximum absolute atomic E-state index is 13.5. The Morgan fingerprint density at radius 3 is 2.16 bits per heavy atom. The second-order valence-electron chi connectivity index (χ2n) is 8.92. The second-order valence-corrected chi connectivity index (χ2v) is 10.7.